The molecule has 8 nitrogen and oxygen atoms in total. The number of aliphatic imine (C=N–C) groups is 2. The number of allylic oxidation sites excluding steroid dienone is 2. The number of carbonyl (C=O) groups excluding carboxylic acids is 1. The van der Waals surface area contributed by atoms with Gasteiger partial charge in [0.05, 0.1) is 13.2 Å². The number of rotatable bonds is 6. The zero-order chi connectivity index (χ0) is 20.1. The van der Waals surface area contributed by atoms with Crippen LogP contribution < -0.4 is 11.1 Å². The number of hydrogen-bond donors (Lipinski definition) is 2. The maximum atomic E-state index is 12.2. The number of nitrogens with zero attached hydrogens (tertiary/aromatic N) is 4. The third kappa shape index (κ3) is 4.53. The van der Waals surface area contributed by atoms with Crippen LogP contribution in [0, 0.1) is 5.92 Å². The Morgan fingerprint density at radius 3 is 3.11 bits per heavy atom. The summed E-state index contributed by atoms with van der Waals surface area (Å²) in [6.07, 6.45) is 4.19. The van der Waals surface area contributed by atoms with E-state index in [-0.39, 0.29) is 12.5 Å². The summed E-state index contributed by atoms with van der Waals surface area (Å²) in [7, 11) is 1.50. The SMILES string of the molecule is CNC(=O)OCC1CC2=C(C(N)=CC=NC(F)F)CN=C(c3nccs3)N2C1. The Labute approximate surface area is 164 Å². The van der Waals surface area contributed by atoms with Crippen molar-refractivity contribution in [3.05, 3.63) is 39.6 Å². The predicted molar refractivity (Wildman–Crippen MR) is 103 cm³/mol. The third-order valence-corrected chi connectivity index (χ3v) is 5.09. The molecule has 1 amide bonds. The summed E-state index contributed by atoms with van der Waals surface area (Å²) in [6.45, 7) is -1.63. The molecule has 2 aliphatic rings. The van der Waals surface area contributed by atoms with Crippen LogP contribution in [-0.2, 0) is 4.74 Å². The molecule has 3 heterocycles. The number of amidine groups is 1. The monoisotopic (exact) mass is 410 g/mol. The topological polar surface area (TPSA) is 105 Å². The molecule has 2 aliphatic heterocycles. The van der Waals surface area contributed by atoms with Gasteiger partial charge in [-0.2, -0.15) is 8.78 Å². The second-order valence-electron chi connectivity index (χ2n) is 6.13. The average molecular weight is 410 g/mol. The number of alkyl halides is 2. The number of thiazole rings is 1. The number of nitrogens with one attached hydrogen (secondary N) is 1. The fourth-order valence-electron chi connectivity index (χ4n) is 3.09. The highest BCUT2D eigenvalue weighted by molar-refractivity contribution is 7.11. The van der Waals surface area contributed by atoms with E-state index in [2.05, 4.69) is 20.3 Å². The molecule has 0 radical (unpaired) electrons. The molecule has 1 fully saturated rings. The molecule has 28 heavy (non-hydrogen) atoms. The van der Waals surface area contributed by atoms with E-state index in [0.717, 1.165) is 28.3 Å². The van der Waals surface area contributed by atoms with Gasteiger partial charge in [-0.15, -0.1) is 11.3 Å². The molecule has 1 atom stereocenters. The Kier molecular flexibility index (Phi) is 6.34. The third-order valence-electron chi connectivity index (χ3n) is 4.32. The molecule has 0 aromatic carbocycles. The first-order valence-electron chi connectivity index (χ1n) is 8.55. The molecule has 1 unspecified atom stereocenters. The Morgan fingerprint density at radius 1 is 1.61 bits per heavy atom. The van der Waals surface area contributed by atoms with E-state index >= 15 is 0 Å². The van der Waals surface area contributed by atoms with Gasteiger partial charge in [0.15, 0.2) is 10.8 Å². The molecule has 0 saturated carbocycles. The maximum absolute atomic E-state index is 12.2. The summed E-state index contributed by atoms with van der Waals surface area (Å²) in [5, 5.41) is 5.07. The van der Waals surface area contributed by atoms with Gasteiger partial charge in [-0.25, -0.2) is 14.8 Å². The maximum Gasteiger partial charge on any atom is 0.406 e. The quantitative estimate of drug-likeness (QED) is 0.551. The smallest absolute Gasteiger partial charge is 0.406 e. The normalized spacial score (nSPS) is 20.0. The van der Waals surface area contributed by atoms with Crippen molar-refractivity contribution >= 4 is 29.5 Å². The molecular weight excluding hydrogens is 390 g/mol. The lowest BCUT2D eigenvalue weighted by Crippen LogP contribution is -2.34. The van der Waals surface area contributed by atoms with Crippen LogP contribution in [-0.4, -0.2) is 61.3 Å². The van der Waals surface area contributed by atoms with Crippen molar-refractivity contribution < 1.29 is 18.3 Å². The van der Waals surface area contributed by atoms with Crippen LogP contribution in [0.25, 0.3) is 0 Å². The minimum absolute atomic E-state index is 0.0492. The number of halogens is 2. The van der Waals surface area contributed by atoms with Crippen molar-refractivity contribution in [3.63, 3.8) is 0 Å². The summed E-state index contributed by atoms with van der Waals surface area (Å²) in [5.41, 5.74) is 8.13. The van der Waals surface area contributed by atoms with Crippen molar-refractivity contribution in [1.29, 1.82) is 0 Å². The largest absolute Gasteiger partial charge is 0.449 e. The molecule has 11 heteroatoms. The molecule has 150 valence electrons. The molecule has 1 saturated heterocycles. The predicted octanol–water partition coefficient (Wildman–Crippen LogP) is 1.97. The number of ether oxygens (including phenoxy) is 1. The fraction of sp³-hybridized carbons (Fsp3) is 0.412. The zero-order valence-electron chi connectivity index (χ0n) is 15.1. The Hall–Kier alpha value is -2.82. The van der Waals surface area contributed by atoms with Gasteiger partial charge >= 0.3 is 12.6 Å². The van der Waals surface area contributed by atoms with Crippen LogP contribution in [0.4, 0.5) is 13.6 Å². The van der Waals surface area contributed by atoms with Crippen LogP contribution in [0.2, 0.25) is 0 Å². The number of amides is 1. The fourth-order valence-corrected chi connectivity index (χ4v) is 3.74. The Morgan fingerprint density at radius 2 is 2.43 bits per heavy atom. The zero-order valence-corrected chi connectivity index (χ0v) is 16.0. The minimum atomic E-state index is -2.78. The van der Waals surface area contributed by atoms with Crippen LogP contribution in [0.3, 0.4) is 0 Å². The van der Waals surface area contributed by atoms with Gasteiger partial charge in [-0.3, -0.25) is 4.99 Å². The first kappa shape index (κ1) is 19.9. The lowest BCUT2D eigenvalue weighted by Gasteiger charge is -2.27. The molecule has 1 aromatic rings. The summed E-state index contributed by atoms with van der Waals surface area (Å²) >= 11 is 1.48. The summed E-state index contributed by atoms with van der Waals surface area (Å²) in [6, 6.07) is 0. The summed E-state index contributed by atoms with van der Waals surface area (Å²) in [5.74, 6) is 0.790. The van der Waals surface area contributed by atoms with Crippen molar-refractivity contribution in [2.75, 3.05) is 26.7 Å². The number of carbonyl (C=O) groups is 1. The Bertz CT molecular complexity index is 835. The number of nitrogens with two attached hydrogens (primary N) is 1. The van der Waals surface area contributed by atoms with E-state index in [4.69, 9.17) is 10.5 Å². The van der Waals surface area contributed by atoms with E-state index < -0.39 is 12.6 Å². The lowest BCUT2D eigenvalue weighted by molar-refractivity contribution is 0.131. The molecule has 3 N–H and O–H groups in total. The number of fused-ring (bicyclic) bond motifs is 1. The summed E-state index contributed by atoms with van der Waals surface area (Å²) in [4.78, 5) is 25.3. The van der Waals surface area contributed by atoms with Gasteiger partial charge < -0.3 is 20.7 Å². The van der Waals surface area contributed by atoms with Gasteiger partial charge in [-0.1, -0.05) is 0 Å². The van der Waals surface area contributed by atoms with E-state index in [0.29, 0.717) is 25.2 Å². The van der Waals surface area contributed by atoms with Crippen molar-refractivity contribution in [2.24, 2.45) is 21.6 Å². The second kappa shape index (κ2) is 8.91. The van der Waals surface area contributed by atoms with Crippen LogP contribution in [0.1, 0.15) is 11.4 Å². The van der Waals surface area contributed by atoms with Gasteiger partial charge in [-0.05, 0) is 12.5 Å². The standard InChI is InChI=1S/C17H20F2N6O2S/c1-21-17(26)27-9-10-6-13-11(12(20)2-3-23-16(18)19)7-24-14(25(13)8-10)15-22-4-5-28-15/h2-5,10,16H,6-9,20H2,1H3,(H,21,26). The highest BCUT2D eigenvalue weighted by atomic mass is 32.1. The van der Waals surface area contributed by atoms with Crippen LogP contribution >= 0.6 is 11.3 Å². The number of alkyl carbamates (subject to hydrolysis) is 1. The molecule has 3 rings (SSSR count). The van der Waals surface area contributed by atoms with Crippen molar-refractivity contribution in [3.8, 4) is 0 Å². The highest BCUT2D eigenvalue weighted by Crippen LogP contribution is 2.35. The molecular formula is C17H20F2N6O2S. The van der Waals surface area contributed by atoms with E-state index in [1.165, 1.54) is 24.5 Å². The van der Waals surface area contributed by atoms with Gasteiger partial charge in [0.25, 0.3) is 0 Å². The van der Waals surface area contributed by atoms with Gasteiger partial charge in [0.1, 0.15) is 0 Å². The first-order valence-corrected chi connectivity index (χ1v) is 9.43. The first-order chi connectivity index (χ1) is 13.5. The molecule has 1 aromatic heterocycles. The average Bonchev–Trinajstić information content (AvgIpc) is 3.34. The molecule has 0 aliphatic carbocycles. The minimum Gasteiger partial charge on any atom is -0.449 e. The highest BCUT2D eigenvalue weighted by Gasteiger charge is 2.36. The van der Waals surface area contributed by atoms with Crippen molar-refractivity contribution in [1.82, 2.24) is 15.2 Å². The van der Waals surface area contributed by atoms with Crippen LogP contribution in [0.5, 0.6) is 0 Å². The molecule has 0 bridgehead atoms. The molecule has 0 spiro atoms. The van der Waals surface area contributed by atoms with E-state index in [9.17, 15) is 13.6 Å². The summed E-state index contributed by atoms with van der Waals surface area (Å²) < 4.78 is 29.6. The van der Waals surface area contributed by atoms with Gasteiger partial charge in [0.2, 0.25) is 0 Å². The van der Waals surface area contributed by atoms with Crippen LogP contribution in [0.15, 0.2) is 44.6 Å². The van der Waals surface area contributed by atoms with E-state index in [1.54, 1.807) is 6.20 Å². The second-order valence-corrected chi connectivity index (χ2v) is 7.02. The lowest BCUT2D eigenvalue weighted by atomic mass is 10.0. The van der Waals surface area contributed by atoms with Gasteiger partial charge in [0, 0.05) is 54.3 Å². The number of aromatic nitrogens is 1. The van der Waals surface area contributed by atoms with E-state index in [1.807, 2.05) is 10.3 Å². The number of hydrogen-bond acceptors (Lipinski definition) is 8. The van der Waals surface area contributed by atoms with Crippen molar-refractivity contribution in [2.45, 2.75) is 13.0 Å². The Balaban J connectivity index is 1.85.